The highest BCUT2D eigenvalue weighted by atomic mass is 32.2. The highest BCUT2D eigenvalue weighted by Crippen LogP contribution is 2.35. The fraction of sp³-hybridized carbons (Fsp3) is 0.263. The van der Waals surface area contributed by atoms with Gasteiger partial charge in [0.05, 0.1) is 5.92 Å². The van der Waals surface area contributed by atoms with E-state index < -0.39 is 23.2 Å². The van der Waals surface area contributed by atoms with Crippen molar-refractivity contribution in [1.29, 1.82) is 0 Å². The number of rotatable bonds is 7. The number of hydrogen-bond donors (Lipinski definition) is 2. The molecule has 0 aliphatic carbocycles. The molecule has 2 rings (SSSR count). The van der Waals surface area contributed by atoms with Crippen molar-refractivity contribution in [2.45, 2.75) is 30.0 Å². The first-order valence-corrected chi connectivity index (χ1v) is 8.67. The second kappa shape index (κ2) is 8.55. The Bertz CT molecular complexity index is 676. The number of carbonyl (C=O) groups excluding carboxylic acids is 1. The minimum absolute atomic E-state index is 0.185. The average molecular weight is 343 g/mol. The third kappa shape index (κ3) is 4.86. The van der Waals surface area contributed by atoms with E-state index in [-0.39, 0.29) is 5.91 Å². The molecule has 0 aliphatic heterocycles. The molecule has 0 aromatic heterocycles. The lowest BCUT2D eigenvalue weighted by Gasteiger charge is -2.22. The minimum Gasteiger partial charge on any atom is -0.481 e. The topological polar surface area (TPSA) is 66.4 Å². The third-order valence-corrected chi connectivity index (χ3v) is 5.11. The molecule has 0 fully saturated rings. The first-order valence-electron chi connectivity index (χ1n) is 7.79. The number of benzene rings is 2. The van der Waals surface area contributed by atoms with Crippen molar-refractivity contribution in [3.63, 3.8) is 0 Å². The van der Waals surface area contributed by atoms with Gasteiger partial charge in [0, 0.05) is 10.9 Å². The van der Waals surface area contributed by atoms with Crippen LogP contribution < -0.4 is 5.32 Å². The van der Waals surface area contributed by atoms with Gasteiger partial charge in [-0.15, -0.1) is 11.8 Å². The molecule has 126 valence electrons. The van der Waals surface area contributed by atoms with Crippen LogP contribution in [0.4, 0.5) is 0 Å². The first-order chi connectivity index (χ1) is 11.5. The van der Waals surface area contributed by atoms with Crippen LogP contribution in [-0.2, 0) is 9.59 Å². The molecule has 4 nitrogen and oxygen atoms in total. The van der Waals surface area contributed by atoms with Gasteiger partial charge in [0.1, 0.15) is 5.25 Å². The summed E-state index contributed by atoms with van der Waals surface area (Å²) >= 11 is 1.45. The molecule has 0 spiro atoms. The van der Waals surface area contributed by atoms with E-state index in [9.17, 15) is 9.59 Å². The summed E-state index contributed by atoms with van der Waals surface area (Å²) in [5.41, 5.74) is 0.888. The fourth-order valence-electron chi connectivity index (χ4n) is 2.17. The predicted octanol–water partition coefficient (Wildman–Crippen LogP) is 3.75. The maximum absolute atomic E-state index is 12.8. The van der Waals surface area contributed by atoms with Crippen LogP contribution in [0.5, 0.6) is 0 Å². The van der Waals surface area contributed by atoms with Crippen LogP contribution in [0.3, 0.4) is 0 Å². The number of carbonyl (C=O) groups is 2. The Morgan fingerprint density at radius 1 is 0.958 bits per heavy atom. The van der Waals surface area contributed by atoms with Gasteiger partial charge in [0.15, 0.2) is 0 Å². The molecule has 0 radical (unpaired) electrons. The van der Waals surface area contributed by atoms with Crippen molar-refractivity contribution in [1.82, 2.24) is 5.32 Å². The second-order valence-electron chi connectivity index (χ2n) is 5.65. The van der Waals surface area contributed by atoms with Crippen molar-refractivity contribution in [3.05, 3.63) is 66.2 Å². The maximum atomic E-state index is 12.8. The molecule has 3 unspecified atom stereocenters. The van der Waals surface area contributed by atoms with E-state index in [1.165, 1.54) is 11.8 Å². The molecule has 0 saturated heterocycles. The van der Waals surface area contributed by atoms with Crippen molar-refractivity contribution < 1.29 is 14.7 Å². The molecular formula is C19H21NO3S. The smallest absolute Gasteiger partial charge is 0.308 e. The van der Waals surface area contributed by atoms with E-state index in [0.717, 1.165) is 10.5 Å². The van der Waals surface area contributed by atoms with Crippen LogP contribution in [0.25, 0.3) is 0 Å². The van der Waals surface area contributed by atoms with E-state index in [1.54, 1.807) is 13.8 Å². The van der Waals surface area contributed by atoms with Gasteiger partial charge < -0.3 is 10.4 Å². The largest absolute Gasteiger partial charge is 0.481 e. The summed E-state index contributed by atoms with van der Waals surface area (Å²) in [6.07, 6.45) is 0. The summed E-state index contributed by atoms with van der Waals surface area (Å²) in [5.74, 6) is -1.75. The van der Waals surface area contributed by atoms with Crippen molar-refractivity contribution in [2.24, 2.45) is 5.92 Å². The lowest BCUT2D eigenvalue weighted by atomic mass is 10.0. The second-order valence-corrected chi connectivity index (χ2v) is 6.82. The van der Waals surface area contributed by atoms with Gasteiger partial charge in [-0.3, -0.25) is 9.59 Å². The number of thioether (sulfide) groups is 1. The molecule has 2 N–H and O–H groups in total. The van der Waals surface area contributed by atoms with Gasteiger partial charge in [0.25, 0.3) is 0 Å². The van der Waals surface area contributed by atoms with Crippen LogP contribution in [0.1, 0.15) is 24.7 Å². The summed E-state index contributed by atoms with van der Waals surface area (Å²) in [4.78, 5) is 24.8. The van der Waals surface area contributed by atoms with Crippen molar-refractivity contribution in [2.75, 3.05) is 0 Å². The highest BCUT2D eigenvalue weighted by molar-refractivity contribution is 8.00. The zero-order chi connectivity index (χ0) is 17.5. The molecule has 0 heterocycles. The molecule has 3 atom stereocenters. The number of nitrogens with one attached hydrogen (secondary N) is 1. The summed E-state index contributed by atoms with van der Waals surface area (Å²) in [5, 5.41) is 11.5. The van der Waals surface area contributed by atoms with E-state index in [2.05, 4.69) is 5.32 Å². The lowest BCUT2D eigenvalue weighted by molar-refractivity contribution is -0.142. The van der Waals surface area contributed by atoms with Gasteiger partial charge >= 0.3 is 5.97 Å². The Labute approximate surface area is 146 Å². The number of carboxylic acid groups (broad SMARTS) is 1. The summed E-state index contributed by atoms with van der Waals surface area (Å²) in [6.45, 7) is 3.31. The van der Waals surface area contributed by atoms with Gasteiger partial charge in [-0.1, -0.05) is 48.5 Å². The van der Waals surface area contributed by atoms with E-state index >= 15 is 0 Å². The average Bonchev–Trinajstić information content (AvgIpc) is 2.60. The molecular weight excluding hydrogens is 322 g/mol. The summed E-state index contributed by atoms with van der Waals surface area (Å²) < 4.78 is 0. The molecule has 0 saturated carbocycles. The Kier molecular flexibility index (Phi) is 6.44. The van der Waals surface area contributed by atoms with Crippen LogP contribution in [-0.4, -0.2) is 23.0 Å². The Morgan fingerprint density at radius 2 is 1.50 bits per heavy atom. The Morgan fingerprint density at radius 3 is 2.04 bits per heavy atom. The van der Waals surface area contributed by atoms with Gasteiger partial charge in [-0.05, 0) is 31.5 Å². The number of carboxylic acids is 1. The summed E-state index contributed by atoms with van der Waals surface area (Å²) in [7, 11) is 0. The van der Waals surface area contributed by atoms with Crippen LogP contribution in [0.15, 0.2) is 65.6 Å². The van der Waals surface area contributed by atoms with Gasteiger partial charge in [-0.2, -0.15) is 0 Å². The first kappa shape index (κ1) is 18.1. The normalized spacial score (nSPS) is 14.4. The van der Waals surface area contributed by atoms with E-state index in [4.69, 9.17) is 5.11 Å². The fourth-order valence-corrected chi connectivity index (χ4v) is 3.23. The minimum atomic E-state index is -0.922. The van der Waals surface area contributed by atoms with E-state index in [0.29, 0.717) is 0 Å². The van der Waals surface area contributed by atoms with Crippen LogP contribution in [0.2, 0.25) is 0 Å². The third-order valence-electron chi connectivity index (χ3n) is 3.85. The highest BCUT2D eigenvalue weighted by Gasteiger charge is 2.27. The van der Waals surface area contributed by atoms with Crippen molar-refractivity contribution in [3.8, 4) is 0 Å². The van der Waals surface area contributed by atoms with Crippen LogP contribution in [0, 0.1) is 5.92 Å². The summed E-state index contributed by atoms with van der Waals surface area (Å²) in [6, 6.07) is 18.8. The molecule has 1 amide bonds. The maximum Gasteiger partial charge on any atom is 0.308 e. The zero-order valence-electron chi connectivity index (χ0n) is 13.7. The Balaban J connectivity index is 2.19. The monoisotopic (exact) mass is 343 g/mol. The standard InChI is InChI=1S/C19H21NO3S/c1-13(19(22)23)14(2)20-18(21)17(15-9-5-3-6-10-15)24-16-11-7-4-8-12-16/h3-14,17H,1-2H3,(H,20,21)(H,22,23). The van der Waals surface area contributed by atoms with Crippen molar-refractivity contribution >= 4 is 23.6 Å². The lowest BCUT2D eigenvalue weighted by Crippen LogP contribution is -2.41. The van der Waals surface area contributed by atoms with Crippen LogP contribution >= 0.6 is 11.8 Å². The SMILES string of the molecule is CC(NC(=O)C(Sc1ccccc1)c1ccccc1)C(C)C(=O)O. The van der Waals surface area contributed by atoms with E-state index in [1.807, 2.05) is 60.7 Å². The molecule has 24 heavy (non-hydrogen) atoms. The molecule has 0 aliphatic rings. The van der Waals surface area contributed by atoms with Gasteiger partial charge in [0.2, 0.25) is 5.91 Å². The quantitative estimate of drug-likeness (QED) is 0.752. The molecule has 5 heteroatoms. The number of hydrogen-bond acceptors (Lipinski definition) is 3. The molecule has 2 aromatic rings. The van der Waals surface area contributed by atoms with Gasteiger partial charge in [-0.25, -0.2) is 0 Å². The zero-order valence-corrected chi connectivity index (χ0v) is 14.5. The predicted molar refractivity (Wildman–Crippen MR) is 95.9 cm³/mol. The number of aliphatic carboxylic acids is 1. The Hall–Kier alpha value is -2.27. The molecule has 0 bridgehead atoms. The molecule has 2 aromatic carbocycles. The number of amides is 1.